The van der Waals surface area contributed by atoms with Crippen molar-refractivity contribution in [2.45, 2.75) is 11.8 Å². The van der Waals surface area contributed by atoms with Crippen LogP contribution in [0.3, 0.4) is 0 Å². The van der Waals surface area contributed by atoms with Crippen molar-refractivity contribution in [3.63, 3.8) is 0 Å². The highest BCUT2D eigenvalue weighted by Crippen LogP contribution is 2.14. The van der Waals surface area contributed by atoms with E-state index >= 15 is 0 Å². The van der Waals surface area contributed by atoms with Crippen LogP contribution in [0.1, 0.15) is 17.3 Å². The Morgan fingerprint density at radius 1 is 1.23 bits per heavy atom. The van der Waals surface area contributed by atoms with Crippen molar-refractivity contribution < 1.29 is 13.2 Å². The zero-order valence-corrected chi connectivity index (χ0v) is 12.3. The molecule has 0 saturated carbocycles. The molecule has 2 aromatic heterocycles. The zero-order chi connectivity index (χ0) is 15.7. The van der Waals surface area contributed by atoms with Gasteiger partial charge >= 0.3 is 0 Å². The number of benzene rings is 1. The van der Waals surface area contributed by atoms with Crippen molar-refractivity contribution in [1.82, 2.24) is 19.6 Å². The van der Waals surface area contributed by atoms with Crippen LogP contribution in [0.2, 0.25) is 0 Å². The molecule has 0 bridgehead atoms. The number of ketones is 1. The summed E-state index contributed by atoms with van der Waals surface area (Å²) in [5.74, 6) is 0.0754. The minimum Gasteiger partial charge on any atom is -0.295 e. The van der Waals surface area contributed by atoms with Crippen LogP contribution >= 0.6 is 0 Å². The molecule has 8 nitrogen and oxygen atoms in total. The van der Waals surface area contributed by atoms with Gasteiger partial charge in [0.05, 0.1) is 4.90 Å². The molecule has 0 saturated heterocycles. The number of anilines is 1. The number of rotatable bonds is 4. The minimum absolute atomic E-state index is 0.0179. The monoisotopic (exact) mass is 317 g/mol. The van der Waals surface area contributed by atoms with Gasteiger partial charge in [-0.25, -0.2) is 22.6 Å². The Morgan fingerprint density at radius 2 is 1.95 bits per heavy atom. The lowest BCUT2D eigenvalue weighted by Gasteiger charge is -2.04. The molecule has 9 heteroatoms. The van der Waals surface area contributed by atoms with Gasteiger partial charge in [-0.1, -0.05) is 12.1 Å². The van der Waals surface area contributed by atoms with Crippen LogP contribution in [0.5, 0.6) is 0 Å². The highest BCUT2D eigenvalue weighted by molar-refractivity contribution is 7.92. The zero-order valence-electron chi connectivity index (χ0n) is 11.5. The summed E-state index contributed by atoms with van der Waals surface area (Å²) in [6.45, 7) is 1.41. The number of fused-ring (bicyclic) bond motifs is 1. The van der Waals surface area contributed by atoms with Crippen LogP contribution in [0.25, 0.3) is 5.78 Å². The topological polar surface area (TPSA) is 106 Å². The maximum Gasteiger partial charge on any atom is 0.264 e. The average molecular weight is 317 g/mol. The third kappa shape index (κ3) is 2.66. The predicted octanol–water partition coefficient (Wildman–Crippen LogP) is 1.13. The van der Waals surface area contributed by atoms with Gasteiger partial charge in [-0.05, 0) is 25.1 Å². The number of nitrogens with zero attached hydrogens (tertiary/aromatic N) is 4. The average Bonchev–Trinajstić information content (AvgIpc) is 2.88. The molecule has 0 aliphatic rings. The number of hydrogen-bond donors (Lipinski definition) is 1. The summed E-state index contributed by atoms with van der Waals surface area (Å²) in [4.78, 5) is 19.1. The molecule has 0 fully saturated rings. The first-order valence-electron chi connectivity index (χ1n) is 6.27. The lowest BCUT2D eigenvalue weighted by atomic mass is 10.2. The Bertz CT molecular complexity index is 914. The van der Waals surface area contributed by atoms with E-state index in [1.807, 2.05) is 0 Å². The van der Waals surface area contributed by atoms with Gasteiger partial charge in [-0.2, -0.15) is 4.98 Å². The normalized spacial score (nSPS) is 11.5. The summed E-state index contributed by atoms with van der Waals surface area (Å²) < 4.78 is 28.1. The van der Waals surface area contributed by atoms with Crippen LogP contribution in [-0.4, -0.2) is 33.8 Å². The Kier molecular flexibility index (Phi) is 3.33. The highest BCUT2D eigenvalue weighted by Gasteiger charge is 2.17. The van der Waals surface area contributed by atoms with E-state index in [1.165, 1.54) is 41.9 Å². The summed E-state index contributed by atoms with van der Waals surface area (Å²) in [6, 6.07) is 7.27. The van der Waals surface area contributed by atoms with Gasteiger partial charge in [0.25, 0.3) is 21.7 Å². The molecule has 0 amide bonds. The van der Waals surface area contributed by atoms with Crippen molar-refractivity contribution in [2.24, 2.45) is 0 Å². The lowest BCUT2D eigenvalue weighted by molar-refractivity contribution is 0.101. The fraction of sp³-hybridized carbons (Fsp3) is 0.0769. The molecule has 22 heavy (non-hydrogen) atoms. The third-order valence-electron chi connectivity index (χ3n) is 2.91. The molecule has 1 aromatic carbocycles. The van der Waals surface area contributed by atoms with Crippen LogP contribution in [-0.2, 0) is 10.0 Å². The van der Waals surface area contributed by atoms with Crippen molar-refractivity contribution in [3.8, 4) is 0 Å². The molecule has 2 heterocycles. The standard InChI is InChI=1S/C13H11N5O3S/c1-9(19)10-3-5-11(6-4-10)22(20,21)17-12-15-13-14-7-2-8-18(13)16-12/h2-8H,1H3,(H,16,17). The van der Waals surface area contributed by atoms with E-state index in [0.717, 1.165) is 0 Å². The Balaban J connectivity index is 1.90. The van der Waals surface area contributed by atoms with E-state index in [-0.39, 0.29) is 22.4 Å². The number of sulfonamides is 1. The fourth-order valence-corrected chi connectivity index (χ4v) is 2.76. The smallest absolute Gasteiger partial charge is 0.264 e. The van der Waals surface area contributed by atoms with Gasteiger partial charge in [0.15, 0.2) is 5.78 Å². The molecule has 0 aliphatic heterocycles. The van der Waals surface area contributed by atoms with E-state index in [2.05, 4.69) is 19.8 Å². The van der Waals surface area contributed by atoms with Gasteiger partial charge in [0.1, 0.15) is 0 Å². The Labute approximate surface area is 125 Å². The quantitative estimate of drug-likeness (QED) is 0.723. The third-order valence-corrected chi connectivity index (χ3v) is 4.26. The number of hydrogen-bond acceptors (Lipinski definition) is 6. The van der Waals surface area contributed by atoms with Gasteiger partial charge in [0, 0.05) is 18.0 Å². The van der Waals surface area contributed by atoms with Crippen LogP contribution < -0.4 is 4.72 Å². The fourth-order valence-electron chi connectivity index (χ4n) is 1.82. The molecule has 0 aliphatic carbocycles. The summed E-state index contributed by atoms with van der Waals surface area (Å²) in [5, 5.41) is 3.97. The van der Waals surface area contributed by atoms with Gasteiger partial charge in [-0.3, -0.25) is 4.79 Å². The van der Waals surface area contributed by atoms with Gasteiger partial charge in [0.2, 0.25) is 0 Å². The minimum atomic E-state index is -3.83. The summed E-state index contributed by atoms with van der Waals surface area (Å²) in [7, 11) is -3.83. The first-order valence-corrected chi connectivity index (χ1v) is 7.75. The summed E-state index contributed by atoms with van der Waals surface area (Å²) in [5.41, 5.74) is 0.439. The van der Waals surface area contributed by atoms with E-state index in [0.29, 0.717) is 5.56 Å². The van der Waals surface area contributed by atoms with Crippen molar-refractivity contribution >= 4 is 27.5 Å². The second-order valence-corrected chi connectivity index (χ2v) is 6.17. The Hall–Kier alpha value is -2.81. The molecule has 3 aromatic rings. The van der Waals surface area contributed by atoms with E-state index in [1.54, 1.807) is 12.3 Å². The SMILES string of the molecule is CC(=O)c1ccc(S(=O)(=O)Nc2nc3ncccn3n2)cc1. The van der Waals surface area contributed by atoms with Crippen LogP contribution in [0, 0.1) is 0 Å². The Morgan fingerprint density at radius 3 is 2.59 bits per heavy atom. The maximum atomic E-state index is 12.3. The molecule has 112 valence electrons. The van der Waals surface area contributed by atoms with Gasteiger partial charge in [-0.15, -0.1) is 5.10 Å². The van der Waals surface area contributed by atoms with Crippen molar-refractivity contribution in [1.29, 1.82) is 0 Å². The molecule has 0 spiro atoms. The molecule has 3 rings (SSSR count). The van der Waals surface area contributed by atoms with E-state index in [4.69, 9.17) is 0 Å². The number of nitrogens with one attached hydrogen (secondary N) is 1. The number of aromatic nitrogens is 4. The van der Waals surface area contributed by atoms with E-state index < -0.39 is 10.0 Å². The second-order valence-electron chi connectivity index (χ2n) is 4.49. The second kappa shape index (κ2) is 5.19. The number of carbonyl (C=O) groups is 1. The highest BCUT2D eigenvalue weighted by atomic mass is 32.2. The lowest BCUT2D eigenvalue weighted by Crippen LogP contribution is -2.14. The van der Waals surface area contributed by atoms with E-state index in [9.17, 15) is 13.2 Å². The number of Topliss-reactive ketones (excluding diaryl/α,β-unsaturated/α-hetero) is 1. The predicted molar refractivity (Wildman–Crippen MR) is 78.0 cm³/mol. The largest absolute Gasteiger partial charge is 0.295 e. The van der Waals surface area contributed by atoms with Crippen LogP contribution in [0.4, 0.5) is 5.95 Å². The first-order chi connectivity index (χ1) is 10.5. The molecule has 0 radical (unpaired) electrons. The number of carbonyl (C=O) groups excluding carboxylic acids is 1. The maximum absolute atomic E-state index is 12.3. The van der Waals surface area contributed by atoms with Crippen molar-refractivity contribution in [3.05, 3.63) is 48.3 Å². The summed E-state index contributed by atoms with van der Waals surface area (Å²) in [6.07, 6.45) is 3.14. The molecular formula is C13H11N5O3S. The molecule has 1 N–H and O–H groups in total. The van der Waals surface area contributed by atoms with Crippen molar-refractivity contribution in [2.75, 3.05) is 4.72 Å². The first kappa shape index (κ1) is 14.1. The molecule has 0 unspecified atom stereocenters. The van der Waals surface area contributed by atoms with Crippen LogP contribution in [0.15, 0.2) is 47.6 Å². The summed E-state index contributed by atoms with van der Waals surface area (Å²) >= 11 is 0. The molecular weight excluding hydrogens is 306 g/mol. The molecule has 0 atom stereocenters. The van der Waals surface area contributed by atoms with Gasteiger partial charge < -0.3 is 0 Å².